The van der Waals surface area contributed by atoms with Crippen molar-refractivity contribution in [3.63, 3.8) is 0 Å². The first-order valence-electron chi connectivity index (χ1n) is 4.70. The lowest BCUT2D eigenvalue weighted by atomic mass is 9.95. The van der Waals surface area contributed by atoms with E-state index in [-0.39, 0.29) is 6.04 Å². The summed E-state index contributed by atoms with van der Waals surface area (Å²) in [5, 5.41) is 0. The molecule has 0 radical (unpaired) electrons. The summed E-state index contributed by atoms with van der Waals surface area (Å²) in [6.07, 6.45) is 1.38. The van der Waals surface area contributed by atoms with E-state index < -0.39 is 0 Å². The Morgan fingerprint density at radius 3 is 2.92 bits per heavy atom. The summed E-state index contributed by atoms with van der Waals surface area (Å²) >= 11 is 0. The zero-order valence-corrected chi connectivity index (χ0v) is 7.95. The van der Waals surface area contributed by atoms with Crippen molar-refractivity contribution in [2.75, 3.05) is 19.8 Å². The van der Waals surface area contributed by atoms with E-state index in [4.69, 9.17) is 15.2 Å². The average molecular weight is 173 g/mol. The number of nitrogens with two attached hydrogens (primary N) is 1. The smallest absolute Gasteiger partial charge is 0.0621 e. The van der Waals surface area contributed by atoms with E-state index in [9.17, 15) is 0 Å². The fourth-order valence-electron chi connectivity index (χ4n) is 1.69. The van der Waals surface area contributed by atoms with Crippen LogP contribution in [0.15, 0.2) is 0 Å². The lowest BCUT2D eigenvalue weighted by Gasteiger charge is -2.21. The molecule has 1 aliphatic rings. The van der Waals surface area contributed by atoms with Gasteiger partial charge < -0.3 is 15.2 Å². The third kappa shape index (κ3) is 2.44. The molecule has 1 heterocycles. The predicted octanol–water partition coefficient (Wildman–Crippen LogP) is 0.775. The molecule has 1 saturated heterocycles. The summed E-state index contributed by atoms with van der Waals surface area (Å²) in [6.45, 7) is 6.33. The second-order valence-corrected chi connectivity index (χ2v) is 3.35. The summed E-state index contributed by atoms with van der Waals surface area (Å²) in [6, 6.07) is 0.141. The Balaban J connectivity index is 2.25. The molecule has 0 aromatic rings. The van der Waals surface area contributed by atoms with E-state index in [0.717, 1.165) is 19.6 Å². The van der Waals surface area contributed by atoms with Crippen molar-refractivity contribution in [1.82, 2.24) is 0 Å². The van der Waals surface area contributed by atoms with Crippen LogP contribution in [0.3, 0.4) is 0 Å². The highest BCUT2D eigenvalue weighted by molar-refractivity contribution is 4.81. The molecule has 0 spiro atoms. The van der Waals surface area contributed by atoms with Crippen molar-refractivity contribution in [2.24, 2.45) is 11.7 Å². The van der Waals surface area contributed by atoms with E-state index in [1.807, 2.05) is 6.92 Å². The van der Waals surface area contributed by atoms with Gasteiger partial charge in [-0.15, -0.1) is 0 Å². The average Bonchev–Trinajstić information content (AvgIpc) is 2.47. The van der Waals surface area contributed by atoms with Crippen LogP contribution in [-0.2, 0) is 9.47 Å². The standard InChI is InChI=1S/C9H19NO2/c1-3-11-6-9(10)8-4-5-12-7(8)2/h7-9H,3-6,10H2,1-2H3. The molecule has 12 heavy (non-hydrogen) atoms. The first kappa shape index (κ1) is 9.96. The Kier molecular flexibility index (Phi) is 3.98. The van der Waals surface area contributed by atoms with Crippen LogP contribution >= 0.6 is 0 Å². The summed E-state index contributed by atoms with van der Waals surface area (Å²) < 4.78 is 10.7. The Labute approximate surface area is 74.2 Å². The number of ether oxygens (including phenoxy) is 2. The molecular formula is C9H19NO2. The minimum Gasteiger partial charge on any atom is -0.380 e. The Hall–Kier alpha value is -0.120. The fourth-order valence-corrected chi connectivity index (χ4v) is 1.69. The van der Waals surface area contributed by atoms with Crippen LogP contribution in [0.25, 0.3) is 0 Å². The molecule has 72 valence electrons. The molecule has 1 fully saturated rings. The van der Waals surface area contributed by atoms with Crippen LogP contribution in [0.4, 0.5) is 0 Å². The molecule has 3 atom stereocenters. The highest BCUT2D eigenvalue weighted by Crippen LogP contribution is 2.22. The zero-order valence-electron chi connectivity index (χ0n) is 7.95. The second-order valence-electron chi connectivity index (χ2n) is 3.35. The summed E-state index contributed by atoms with van der Waals surface area (Å²) in [7, 11) is 0. The monoisotopic (exact) mass is 173 g/mol. The lowest BCUT2D eigenvalue weighted by molar-refractivity contribution is 0.0729. The minimum atomic E-state index is 0.141. The number of hydrogen-bond donors (Lipinski definition) is 1. The number of rotatable bonds is 4. The van der Waals surface area contributed by atoms with Crippen LogP contribution < -0.4 is 5.73 Å². The van der Waals surface area contributed by atoms with Crippen LogP contribution in [0.1, 0.15) is 20.3 Å². The summed E-state index contributed by atoms with van der Waals surface area (Å²) in [4.78, 5) is 0. The van der Waals surface area contributed by atoms with Crippen molar-refractivity contribution in [3.05, 3.63) is 0 Å². The van der Waals surface area contributed by atoms with E-state index in [2.05, 4.69) is 6.92 Å². The van der Waals surface area contributed by atoms with Gasteiger partial charge in [-0.05, 0) is 20.3 Å². The molecule has 0 aliphatic carbocycles. The Morgan fingerprint density at radius 2 is 2.42 bits per heavy atom. The van der Waals surface area contributed by atoms with Gasteiger partial charge in [-0.1, -0.05) is 0 Å². The van der Waals surface area contributed by atoms with Gasteiger partial charge in [-0.3, -0.25) is 0 Å². The van der Waals surface area contributed by atoms with Crippen molar-refractivity contribution < 1.29 is 9.47 Å². The molecule has 1 aliphatic heterocycles. The van der Waals surface area contributed by atoms with Crippen LogP contribution in [-0.4, -0.2) is 32.0 Å². The van der Waals surface area contributed by atoms with Crippen LogP contribution in [0.2, 0.25) is 0 Å². The second kappa shape index (κ2) is 4.80. The zero-order chi connectivity index (χ0) is 8.97. The van der Waals surface area contributed by atoms with Gasteiger partial charge in [0.15, 0.2) is 0 Å². The maximum atomic E-state index is 5.95. The summed E-state index contributed by atoms with van der Waals surface area (Å²) in [5.74, 6) is 0.483. The molecular weight excluding hydrogens is 154 g/mol. The van der Waals surface area contributed by atoms with E-state index in [1.165, 1.54) is 0 Å². The van der Waals surface area contributed by atoms with Gasteiger partial charge in [0.2, 0.25) is 0 Å². The molecule has 0 aromatic carbocycles. The molecule has 2 N–H and O–H groups in total. The number of hydrogen-bond acceptors (Lipinski definition) is 3. The van der Waals surface area contributed by atoms with Gasteiger partial charge in [0.05, 0.1) is 12.7 Å². The van der Waals surface area contributed by atoms with Gasteiger partial charge in [-0.2, -0.15) is 0 Å². The predicted molar refractivity (Wildman–Crippen MR) is 48.0 cm³/mol. The van der Waals surface area contributed by atoms with Crippen molar-refractivity contribution in [2.45, 2.75) is 32.4 Å². The first-order valence-corrected chi connectivity index (χ1v) is 4.70. The lowest BCUT2D eigenvalue weighted by Crippen LogP contribution is -2.38. The van der Waals surface area contributed by atoms with Gasteiger partial charge in [0, 0.05) is 25.2 Å². The fraction of sp³-hybridized carbons (Fsp3) is 1.00. The van der Waals surface area contributed by atoms with Crippen molar-refractivity contribution in [1.29, 1.82) is 0 Å². The Morgan fingerprint density at radius 1 is 1.67 bits per heavy atom. The third-order valence-corrected chi connectivity index (χ3v) is 2.50. The van der Waals surface area contributed by atoms with Gasteiger partial charge in [0.1, 0.15) is 0 Å². The van der Waals surface area contributed by atoms with Gasteiger partial charge >= 0.3 is 0 Å². The van der Waals surface area contributed by atoms with Crippen molar-refractivity contribution in [3.8, 4) is 0 Å². The highest BCUT2D eigenvalue weighted by Gasteiger charge is 2.29. The SMILES string of the molecule is CCOCC(N)C1CCOC1C. The maximum absolute atomic E-state index is 5.95. The molecule has 1 rings (SSSR count). The largest absolute Gasteiger partial charge is 0.380 e. The Bertz CT molecular complexity index is 130. The van der Waals surface area contributed by atoms with Crippen molar-refractivity contribution >= 4 is 0 Å². The third-order valence-electron chi connectivity index (χ3n) is 2.50. The molecule has 3 heteroatoms. The van der Waals surface area contributed by atoms with Gasteiger partial charge in [0.25, 0.3) is 0 Å². The van der Waals surface area contributed by atoms with Crippen LogP contribution in [0.5, 0.6) is 0 Å². The molecule has 0 bridgehead atoms. The minimum absolute atomic E-state index is 0.141. The van der Waals surface area contributed by atoms with E-state index in [1.54, 1.807) is 0 Å². The molecule has 0 amide bonds. The molecule has 3 nitrogen and oxygen atoms in total. The maximum Gasteiger partial charge on any atom is 0.0621 e. The van der Waals surface area contributed by atoms with Gasteiger partial charge in [-0.25, -0.2) is 0 Å². The molecule has 0 saturated carbocycles. The topological polar surface area (TPSA) is 44.5 Å². The highest BCUT2D eigenvalue weighted by atomic mass is 16.5. The normalized spacial score (nSPS) is 32.2. The summed E-state index contributed by atoms with van der Waals surface area (Å²) in [5.41, 5.74) is 5.95. The quantitative estimate of drug-likeness (QED) is 0.683. The van der Waals surface area contributed by atoms with Crippen LogP contribution in [0, 0.1) is 5.92 Å². The molecule has 0 aromatic heterocycles. The first-order chi connectivity index (χ1) is 5.75. The van der Waals surface area contributed by atoms with E-state index in [0.29, 0.717) is 18.6 Å². The van der Waals surface area contributed by atoms with E-state index >= 15 is 0 Å². The molecule has 3 unspecified atom stereocenters.